The molecule has 152 valence electrons. The summed E-state index contributed by atoms with van der Waals surface area (Å²) in [6.45, 7) is 1.32. The van der Waals surface area contributed by atoms with Gasteiger partial charge in [0.15, 0.2) is 17.1 Å². The van der Waals surface area contributed by atoms with Gasteiger partial charge >= 0.3 is 0 Å². The number of nitrogen functional groups attached to an aromatic ring is 1. The van der Waals surface area contributed by atoms with Crippen molar-refractivity contribution in [3.8, 4) is 10.7 Å². The van der Waals surface area contributed by atoms with E-state index in [1.165, 1.54) is 11.3 Å². The molecule has 3 aromatic heterocycles. The van der Waals surface area contributed by atoms with Gasteiger partial charge in [0.25, 0.3) is 5.56 Å². The highest BCUT2D eigenvalue weighted by molar-refractivity contribution is 7.13. The summed E-state index contributed by atoms with van der Waals surface area (Å²) in [6.07, 6.45) is 0.613. The van der Waals surface area contributed by atoms with Crippen LogP contribution in [-0.4, -0.2) is 21.4 Å². The number of benzene rings is 1. The zero-order valence-electron chi connectivity index (χ0n) is 15.8. The van der Waals surface area contributed by atoms with Gasteiger partial charge < -0.3 is 15.1 Å². The van der Waals surface area contributed by atoms with Gasteiger partial charge in [-0.1, -0.05) is 17.7 Å². The summed E-state index contributed by atoms with van der Waals surface area (Å²) < 4.78 is 5.63. The molecule has 4 aromatic rings. The molecule has 4 heterocycles. The maximum atomic E-state index is 13.0. The van der Waals surface area contributed by atoms with Crippen molar-refractivity contribution in [3.05, 3.63) is 78.1 Å². The Balaban J connectivity index is 1.46. The van der Waals surface area contributed by atoms with Crippen LogP contribution in [0.2, 0.25) is 5.02 Å². The van der Waals surface area contributed by atoms with E-state index in [9.17, 15) is 9.59 Å². The minimum atomic E-state index is -0.206. The van der Waals surface area contributed by atoms with E-state index in [0.29, 0.717) is 52.5 Å². The number of rotatable bonds is 3. The Morgan fingerprint density at radius 1 is 1.30 bits per heavy atom. The van der Waals surface area contributed by atoms with Gasteiger partial charge in [-0.3, -0.25) is 14.5 Å². The van der Waals surface area contributed by atoms with Crippen molar-refractivity contribution in [2.24, 2.45) is 0 Å². The normalized spacial score (nSPS) is 14.2. The standard InChI is InChI=1S/C21H17ClN4O3S/c22-11-3-4-16-12(8-11)18(27)14(19(23)29-16)10-26-6-5-15-13(9-26)21(28)25-20(24-15)17-2-1-7-30-17/h1-4,7-8H,5-6,9-10,23H2,(H,24,25,28). The van der Waals surface area contributed by atoms with Gasteiger partial charge in [0.05, 0.1) is 27.1 Å². The molecule has 1 aliphatic rings. The number of hydrogen-bond donors (Lipinski definition) is 2. The zero-order valence-corrected chi connectivity index (χ0v) is 17.3. The van der Waals surface area contributed by atoms with Crippen molar-refractivity contribution < 1.29 is 4.42 Å². The third-order valence-corrected chi connectivity index (χ3v) is 6.37. The second-order valence-electron chi connectivity index (χ2n) is 7.19. The summed E-state index contributed by atoms with van der Waals surface area (Å²) in [5.41, 5.74) is 7.86. The minimum Gasteiger partial charge on any atom is -0.440 e. The summed E-state index contributed by atoms with van der Waals surface area (Å²) in [6, 6.07) is 8.72. The number of anilines is 1. The van der Waals surface area contributed by atoms with Crippen LogP contribution in [0.3, 0.4) is 0 Å². The molecule has 0 fully saturated rings. The van der Waals surface area contributed by atoms with E-state index in [1.54, 1.807) is 18.2 Å². The molecule has 0 bridgehead atoms. The summed E-state index contributed by atoms with van der Waals surface area (Å²) in [7, 11) is 0. The fraction of sp³-hybridized carbons (Fsp3) is 0.190. The second kappa shape index (κ2) is 7.39. The van der Waals surface area contributed by atoms with Crippen molar-refractivity contribution in [1.82, 2.24) is 14.9 Å². The average molecular weight is 441 g/mol. The number of nitrogens with zero attached hydrogens (tertiary/aromatic N) is 2. The van der Waals surface area contributed by atoms with Gasteiger partial charge in [-0.25, -0.2) is 4.98 Å². The number of halogens is 1. The highest BCUT2D eigenvalue weighted by Crippen LogP contribution is 2.25. The molecule has 0 atom stereocenters. The SMILES string of the molecule is Nc1oc2ccc(Cl)cc2c(=O)c1CN1CCc2nc(-c3cccs3)[nH]c(=O)c2C1. The third kappa shape index (κ3) is 3.32. The topological polar surface area (TPSA) is 105 Å². The number of aromatic nitrogens is 2. The molecule has 0 saturated carbocycles. The molecule has 1 aromatic carbocycles. The first-order chi connectivity index (χ1) is 14.5. The highest BCUT2D eigenvalue weighted by Gasteiger charge is 2.24. The molecule has 1 aliphatic heterocycles. The zero-order chi connectivity index (χ0) is 20.8. The van der Waals surface area contributed by atoms with Crippen molar-refractivity contribution in [2.75, 3.05) is 12.3 Å². The highest BCUT2D eigenvalue weighted by atomic mass is 35.5. The van der Waals surface area contributed by atoms with Crippen LogP contribution < -0.4 is 16.7 Å². The molecule has 0 amide bonds. The number of nitrogens with two attached hydrogens (primary N) is 1. The quantitative estimate of drug-likeness (QED) is 0.505. The molecule has 30 heavy (non-hydrogen) atoms. The van der Waals surface area contributed by atoms with Crippen molar-refractivity contribution >= 4 is 39.8 Å². The van der Waals surface area contributed by atoms with E-state index in [2.05, 4.69) is 9.97 Å². The van der Waals surface area contributed by atoms with Crippen LogP contribution in [0.4, 0.5) is 5.88 Å². The van der Waals surface area contributed by atoms with E-state index in [0.717, 1.165) is 10.6 Å². The van der Waals surface area contributed by atoms with Gasteiger partial charge in [-0.05, 0) is 29.6 Å². The third-order valence-electron chi connectivity index (χ3n) is 5.26. The fourth-order valence-corrected chi connectivity index (χ4v) is 4.58. The molecular weight excluding hydrogens is 424 g/mol. The average Bonchev–Trinajstić information content (AvgIpc) is 3.27. The molecule has 5 rings (SSSR count). The Kier molecular flexibility index (Phi) is 4.69. The number of H-pyrrole nitrogens is 1. The molecule has 0 radical (unpaired) electrons. The van der Waals surface area contributed by atoms with Crippen LogP contribution in [0.15, 0.2) is 49.7 Å². The van der Waals surface area contributed by atoms with E-state index in [4.69, 9.17) is 21.8 Å². The van der Waals surface area contributed by atoms with Gasteiger partial charge in [0.1, 0.15) is 5.58 Å². The monoisotopic (exact) mass is 440 g/mol. The smallest absolute Gasteiger partial charge is 0.255 e. The van der Waals surface area contributed by atoms with Crippen LogP contribution in [0.25, 0.3) is 21.7 Å². The number of nitrogens with one attached hydrogen (secondary N) is 1. The molecule has 7 nitrogen and oxygen atoms in total. The maximum Gasteiger partial charge on any atom is 0.255 e. The molecule has 0 spiro atoms. The van der Waals surface area contributed by atoms with E-state index < -0.39 is 0 Å². The molecule has 0 saturated heterocycles. The summed E-state index contributed by atoms with van der Waals surface area (Å²) in [5, 5.41) is 2.80. The summed E-state index contributed by atoms with van der Waals surface area (Å²) in [4.78, 5) is 36.1. The van der Waals surface area contributed by atoms with Gasteiger partial charge in [-0.15, -0.1) is 11.3 Å². The predicted octanol–water partition coefficient (Wildman–Crippen LogP) is 3.40. The van der Waals surface area contributed by atoms with Crippen molar-refractivity contribution in [1.29, 1.82) is 0 Å². The first-order valence-corrected chi connectivity index (χ1v) is 10.6. The Hall–Kier alpha value is -2.94. The van der Waals surface area contributed by atoms with E-state index in [-0.39, 0.29) is 23.4 Å². The molecular formula is C21H17ClN4O3S. The van der Waals surface area contributed by atoms with Gasteiger partial charge in [0, 0.05) is 31.1 Å². The Bertz CT molecular complexity index is 1380. The van der Waals surface area contributed by atoms with Gasteiger partial charge in [-0.2, -0.15) is 0 Å². The maximum absolute atomic E-state index is 13.0. The predicted molar refractivity (Wildman–Crippen MR) is 118 cm³/mol. The minimum absolute atomic E-state index is 0.0840. The number of aromatic amines is 1. The van der Waals surface area contributed by atoms with Crippen LogP contribution in [0.1, 0.15) is 16.8 Å². The number of fused-ring (bicyclic) bond motifs is 2. The summed E-state index contributed by atoms with van der Waals surface area (Å²) in [5.74, 6) is 0.680. The number of hydrogen-bond acceptors (Lipinski definition) is 7. The molecule has 9 heteroatoms. The molecule has 3 N–H and O–H groups in total. The Morgan fingerprint density at radius 2 is 2.17 bits per heavy atom. The van der Waals surface area contributed by atoms with Crippen LogP contribution in [0.5, 0.6) is 0 Å². The Morgan fingerprint density at radius 3 is 2.97 bits per heavy atom. The van der Waals surface area contributed by atoms with E-state index >= 15 is 0 Å². The van der Waals surface area contributed by atoms with Crippen LogP contribution >= 0.6 is 22.9 Å². The van der Waals surface area contributed by atoms with Crippen molar-refractivity contribution in [3.63, 3.8) is 0 Å². The second-order valence-corrected chi connectivity index (χ2v) is 8.58. The number of thiophene rings is 1. The lowest BCUT2D eigenvalue weighted by atomic mass is 10.1. The first-order valence-electron chi connectivity index (χ1n) is 9.38. The fourth-order valence-electron chi connectivity index (χ4n) is 3.74. The largest absolute Gasteiger partial charge is 0.440 e. The van der Waals surface area contributed by atoms with Gasteiger partial charge in [0.2, 0.25) is 0 Å². The Labute approximate surface area is 179 Å². The lowest BCUT2D eigenvalue weighted by molar-refractivity contribution is 0.240. The van der Waals surface area contributed by atoms with Crippen LogP contribution in [0, 0.1) is 0 Å². The van der Waals surface area contributed by atoms with E-state index in [1.807, 2.05) is 22.4 Å². The molecule has 0 aliphatic carbocycles. The lowest BCUT2D eigenvalue weighted by Gasteiger charge is -2.27. The summed E-state index contributed by atoms with van der Waals surface area (Å²) >= 11 is 7.56. The van der Waals surface area contributed by atoms with Crippen LogP contribution in [-0.2, 0) is 19.5 Å². The molecule has 0 unspecified atom stereocenters. The van der Waals surface area contributed by atoms with Crippen molar-refractivity contribution in [2.45, 2.75) is 19.5 Å². The first kappa shape index (κ1) is 19.0. The lowest BCUT2D eigenvalue weighted by Crippen LogP contribution is -2.36.